The third-order valence-electron chi connectivity index (χ3n) is 2.89. The third-order valence-corrected chi connectivity index (χ3v) is 2.89. The van der Waals surface area contributed by atoms with Gasteiger partial charge in [0.05, 0.1) is 5.56 Å². The SMILES string of the molecule is Cc1ccccc1N(C)C(=O)c1ccccc1F. The third kappa shape index (κ3) is 2.25. The normalized spacial score (nSPS) is 10.2. The summed E-state index contributed by atoms with van der Waals surface area (Å²) in [6.07, 6.45) is 0. The molecule has 0 N–H and O–H groups in total. The van der Waals surface area contributed by atoms with Gasteiger partial charge in [0, 0.05) is 12.7 Å². The lowest BCUT2D eigenvalue weighted by atomic mass is 10.1. The predicted octanol–water partition coefficient (Wildman–Crippen LogP) is 3.41. The van der Waals surface area contributed by atoms with E-state index in [4.69, 9.17) is 0 Å². The maximum atomic E-state index is 13.6. The molecule has 0 unspecified atom stereocenters. The molecule has 0 aliphatic carbocycles. The van der Waals surface area contributed by atoms with Gasteiger partial charge in [0.25, 0.3) is 5.91 Å². The van der Waals surface area contributed by atoms with Crippen LogP contribution in [0.4, 0.5) is 10.1 Å². The molecule has 2 rings (SSSR count). The van der Waals surface area contributed by atoms with Crippen LogP contribution in [0.25, 0.3) is 0 Å². The van der Waals surface area contributed by atoms with Crippen LogP contribution in [0.15, 0.2) is 48.5 Å². The van der Waals surface area contributed by atoms with E-state index in [0.717, 1.165) is 11.3 Å². The monoisotopic (exact) mass is 243 g/mol. The Hall–Kier alpha value is -2.16. The first-order valence-electron chi connectivity index (χ1n) is 5.69. The number of nitrogens with zero attached hydrogens (tertiary/aromatic N) is 1. The minimum absolute atomic E-state index is 0.0863. The molecule has 0 aromatic heterocycles. The second kappa shape index (κ2) is 5.00. The Bertz CT molecular complexity index is 580. The second-order valence-corrected chi connectivity index (χ2v) is 4.13. The Kier molecular flexibility index (Phi) is 3.42. The smallest absolute Gasteiger partial charge is 0.260 e. The van der Waals surface area contributed by atoms with Crippen molar-refractivity contribution in [1.29, 1.82) is 0 Å². The Morgan fingerprint density at radius 2 is 1.67 bits per heavy atom. The number of para-hydroxylation sites is 1. The number of carbonyl (C=O) groups is 1. The molecular weight excluding hydrogens is 229 g/mol. The molecule has 0 heterocycles. The van der Waals surface area contributed by atoms with Gasteiger partial charge in [-0.2, -0.15) is 0 Å². The predicted molar refractivity (Wildman–Crippen MR) is 70.3 cm³/mol. The number of halogens is 1. The van der Waals surface area contributed by atoms with Crippen LogP contribution >= 0.6 is 0 Å². The van der Waals surface area contributed by atoms with Gasteiger partial charge in [-0.1, -0.05) is 30.3 Å². The van der Waals surface area contributed by atoms with Crippen LogP contribution in [0.3, 0.4) is 0 Å². The zero-order valence-electron chi connectivity index (χ0n) is 10.4. The maximum absolute atomic E-state index is 13.6. The molecule has 2 aromatic rings. The zero-order chi connectivity index (χ0) is 13.1. The highest BCUT2D eigenvalue weighted by molar-refractivity contribution is 6.06. The average molecular weight is 243 g/mol. The van der Waals surface area contributed by atoms with E-state index in [0.29, 0.717) is 0 Å². The largest absolute Gasteiger partial charge is 0.311 e. The summed E-state index contributed by atoms with van der Waals surface area (Å²) in [4.78, 5) is 13.7. The lowest BCUT2D eigenvalue weighted by molar-refractivity contribution is 0.0989. The van der Waals surface area contributed by atoms with Gasteiger partial charge in [-0.3, -0.25) is 4.79 Å². The van der Waals surface area contributed by atoms with Crippen LogP contribution in [0.5, 0.6) is 0 Å². The van der Waals surface area contributed by atoms with Gasteiger partial charge in [-0.15, -0.1) is 0 Å². The average Bonchev–Trinajstić information content (AvgIpc) is 2.38. The summed E-state index contributed by atoms with van der Waals surface area (Å²) in [5.74, 6) is -0.842. The molecule has 0 bridgehead atoms. The van der Waals surface area contributed by atoms with Crippen LogP contribution in [-0.2, 0) is 0 Å². The van der Waals surface area contributed by atoms with E-state index in [2.05, 4.69) is 0 Å². The van der Waals surface area contributed by atoms with Gasteiger partial charge < -0.3 is 4.90 Å². The van der Waals surface area contributed by atoms with Gasteiger partial charge in [-0.25, -0.2) is 4.39 Å². The molecular formula is C15H14FNO. The van der Waals surface area contributed by atoms with Gasteiger partial charge in [0.2, 0.25) is 0 Å². The zero-order valence-corrected chi connectivity index (χ0v) is 10.4. The fourth-order valence-corrected chi connectivity index (χ4v) is 1.86. The van der Waals surface area contributed by atoms with Crippen molar-refractivity contribution in [3.63, 3.8) is 0 Å². The Morgan fingerprint density at radius 1 is 1.06 bits per heavy atom. The fourth-order valence-electron chi connectivity index (χ4n) is 1.86. The molecule has 92 valence electrons. The summed E-state index contributed by atoms with van der Waals surface area (Å²) in [7, 11) is 1.65. The highest BCUT2D eigenvalue weighted by Crippen LogP contribution is 2.20. The van der Waals surface area contributed by atoms with Crippen molar-refractivity contribution in [2.75, 3.05) is 11.9 Å². The quantitative estimate of drug-likeness (QED) is 0.791. The number of hydrogen-bond donors (Lipinski definition) is 0. The topological polar surface area (TPSA) is 20.3 Å². The number of hydrogen-bond acceptors (Lipinski definition) is 1. The molecule has 0 saturated carbocycles. The van der Waals surface area contributed by atoms with Crippen molar-refractivity contribution >= 4 is 11.6 Å². The molecule has 1 amide bonds. The van der Waals surface area contributed by atoms with Gasteiger partial charge in [0.1, 0.15) is 5.82 Å². The van der Waals surface area contributed by atoms with Gasteiger partial charge in [-0.05, 0) is 30.7 Å². The highest BCUT2D eigenvalue weighted by atomic mass is 19.1. The summed E-state index contributed by atoms with van der Waals surface area (Å²) < 4.78 is 13.6. The van der Waals surface area contributed by atoms with E-state index >= 15 is 0 Å². The summed E-state index contributed by atoms with van der Waals surface area (Å²) >= 11 is 0. The molecule has 0 aliphatic heterocycles. The van der Waals surface area contributed by atoms with Gasteiger partial charge >= 0.3 is 0 Å². The Balaban J connectivity index is 2.36. The number of anilines is 1. The number of carbonyl (C=O) groups excluding carboxylic acids is 1. The molecule has 0 spiro atoms. The van der Waals surface area contributed by atoms with E-state index in [1.165, 1.54) is 17.0 Å². The first kappa shape index (κ1) is 12.3. The fraction of sp³-hybridized carbons (Fsp3) is 0.133. The molecule has 18 heavy (non-hydrogen) atoms. The van der Waals surface area contributed by atoms with Crippen molar-refractivity contribution in [2.45, 2.75) is 6.92 Å². The molecule has 0 aliphatic rings. The number of rotatable bonds is 2. The van der Waals surface area contributed by atoms with Crippen LogP contribution in [0.2, 0.25) is 0 Å². The lowest BCUT2D eigenvalue weighted by Crippen LogP contribution is -2.27. The van der Waals surface area contributed by atoms with Crippen LogP contribution < -0.4 is 4.90 Å². The van der Waals surface area contributed by atoms with Gasteiger partial charge in [0.15, 0.2) is 0 Å². The molecule has 3 heteroatoms. The molecule has 0 atom stereocenters. The number of aryl methyl sites for hydroxylation is 1. The van der Waals surface area contributed by atoms with E-state index in [9.17, 15) is 9.18 Å². The van der Waals surface area contributed by atoms with E-state index in [1.54, 1.807) is 19.2 Å². The Morgan fingerprint density at radius 3 is 2.33 bits per heavy atom. The number of benzene rings is 2. The highest BCUT2D eigenvalue weighted by Gasteiger charge is 2.17. The van der Waals surface area contributed by atoms with Crippen molar-refractivity contribution in [3.05, 3.63) is 65.5 Å². The van der Waals surface area contributed by atoms with E-state index in [1.807, 2.05) is 31.2 Å². The van der Waals surface area contributed by atoms with E-state index < -0.39 is 5.82 Å². The summed E-state index contributed by atoms with van der Waals surface area (Å²) in [6, 6.07) is 13.5. The molecule has 2 aromatic carbocycles. The standard InChI is InChI=1S/C15H14FNO/c1-11-7-3-6-10-14(11)17(2)15(18)12-8-4-5-9-13(12)16/h3-10H,1-2H3. The van der Waals surface area contributed by atoms with Crippen molar-refractivity contribution < 1.29 is 9.18 Å². The maximum Gasteiger partial charge on any atom is 0.260 e. The van der Waals surface area contributed by atoms with Crippen molar-refractivity contribution in [2.24, 2.45) is 0 Å². The Labute approximate surface area is 106 Å². The molecule has 0 fully saturated rings. The van der Waals surface area contributed by atoms with Crippen LogP contribution in [-0.4, -0.2) is 13.0 Å². The van der Waals surface area contributed by atoms with Crippen LogP contribution in [0.1, 0.15) is 15.9 Å². The summed E-state index contributed by atoms with van der Waals surface area (Å²) in [5, 5.41) is 0. The van der Waals surface area contributed by atoms with E-state index in [-0.39, 0.29) is 11.5 Å². The summed E-state index contributed by atoms with van der Waals surface area (Å²) in [6.45, 7) is 1.92. The first-order valence-corrected chi connectivity index (χ1v) is 5.69. The van der Waals surface area contributed by atoms with Crippen molar-refractivity contribution in [1.82, 2.24) is 0 Å². The van der Waals surface area contributed by atoms with Crippen LogP contribution in [0, 0.1) is 12.7 Å². The first-order chi connectivity index (χ1) is 8.61. The molecule has 0 radical (unpaired) electrons. The minimum Gasteiger partial charge on any atom is -0.311 e. The molecule has 0 saturated heterocycles. The van der Waals surface area contributed by atoms with Crippen molar-refractivity contribution in [3.8, 4) is 0 Å². The minimum atomic E-state index is -0.497. The number of amides is 1. The second-order valence-electron chi connectivity index (χ2n) is 4.13. The summed E-state index contributed by atoms with van der Waals surface area (Å²) in [5.41, 5.74) is 1.85. The molecule has 2 nitrogen and oxygen atoms in total. The lowest BCUT2D eigenvalue weighted by Gasteiger charge is -2.19.